The molecule has 434 valence electrons. The van der Waals surface area contributed by atoms with Crippen molar-refractivity contribution in [3.63, 3.8) is 0 Å². The summed E-state index contributed by atoms with van der Waals surface area (Å²) in [4.78, 5) is 37.3. The Morgan fingerprint density at radius 3 is 2.36 bits per heavy atom. The predicted octanol–water partition coefficient (Wildman–Crippen LogP) is 8.51. The molecule has 83 heavy (non-hydrogen) atoms. The Labute approximate surface area is 476 Å². The molecule has 3 aromatic heterocycles. The van der Waals surface area contributed by atoms with Gasteiger partial charge in [-0.1, -0.05) is 38.0 Å². The number of benzene rings is 4. The van der Waals surface area contributed by atoms with Crippen molar-refractivity contribution in [1.82, 2.24) is 55.0 Å². The van der Waals surface area contributed by atoms with E-state index >= 15 is 8.78 Å². The number of phenolic OH excluding ortho intramolecular Hbond substituents is 3. The van der Waals surface area contributed by atoms with Crippen molar-refractivity contribution in [2.45, 2.75) is 89.6 Å². The summed E-state index contributed by atoms with van der Waals surface area (Å²) >= 11 is 0. The van der Waals surface area contributed by atoms with Gasteiger partial charge in [-0.15, -0.1) is 16.6 Å². The first-order valence-corrected chi connectivity index (χ1v) is 28.4. The number of likely N-dealkylation sites (tertiary alicyclic amines) is 1. The van der Waals surface area contributed by atoms with Crippen LogP contribution in [0.1, 0.15) is 86.1 Å². The molecule has 0 radical (unpaired) electrons. The van der Waals surface area contributed by atoms with Crippen molar-refractivity contribution < 1.29 is 46.8 Å². The SMILES string of the molecule is C#Cc1c(F)ccc2cc(O)cc(-c3ncc4c(N5CC6CNC(C6)C5)nc(OCC5(CN6CCN(C7CCN(Cc8ccc(-n9c(C(=O)NC(C)C(F)(F)F)nnc9-c9cc(C(C)C)c(O)cc9O)cc8)CC7)CC6)CC5)nc4c3F)c12. The molecule has 5 N–H and O–H groups in total. The second kappa shape index (κ2) is 22.1. The van der Waals surface area contributed by atoms with Crippen molar-refractivity contribution in [3.05, 3.63) is 101 Å². The van der Waals surface area contributed by atoms with Crippen LogP contribution in [-0.4, -0.2) is 162 Å². The van der Waals surface area contributed by atoms with Crippen molar-refractivity contribution >= 4 is 33.4 Å². The lowest BCUT2D eigenvalue weighted by Gasteiger charge is -2.43. The van der Waals surface area contributed by atoms with Crippen molar-refractivity contribution in [2.75, 3.05) is 77.0 Å². The molecular weight excluding hydrogens is 1080 g/mol. The highest BCUT2D eigenvalue weighted by atomic mass is 19.4. The summed E-state index contributed by atoms with van der Waals surface area (Å²) in [5.41, 5.74) is 1.90. The number of amides is 1. The number of piperidine rings is 2. The van der Waals surface area contributed by atoms with E-state index in [2.05, 4.69) is 46.0 Å². The van der Waals surface area contributed by atoms with Gasteiger partial charge in [0.05, 0.1) is 23.1 Å². The third kappa shape index (κ3) is 11.2. The van der Waals surface area contributed by atoms with Gasteiger partial charge in [0.25, 0.3) is 5.91 Å². The van der Waals surface area contributed by atoms with Crippen LogP contribution in [0.15, 0.2) is 66.9 Å². The maximum absolute atomic E-state index is 17.2. The van der Waals surface area contributed by atoms with Gasteiger partial charge < -0.3 is 40.5 Å². The van der Waals surface area contributed by atoms with Gasteiger partial charge in [-0.3, -0.25) is 24.1 Å². The number of rotatable bonds is 15. The summed E-state index contributed by atoms with van der Waals surface area (Å²) in [5, 5.41) is 47.1. The Bertz CT molecular complexity index is 3650. The van der Waals surface area contributed by atoms with Crippen LogP contribution in [0.4, 0.5) is 27.8 Å². The molecule has 0 spiro atoms. The fourth-order valence-corrected chi connectivity index (χ4v) is 12.7. The molecule has 3 unspecified atom stereocenters. The fraction of sp³-hybridized carbons (Fsp3) is 0.443. The standard InChI is InChI=1S/C61H65F5N12O5/c1-5-43-48(62)11-8-38-23-42(79)24-46(51(38)43)53-52(63)54-47(28-68-53)55(77-30-37-22-39(31-77)67-27-37)71-59(70-54)83-33-60(14-15-60)32-75-18-20-76(21-19-75)40-12-16-74(17-13-40)29-36-6-9-41(10-7-36)78-56(45-25-44(34(2)3)49(80)26-50(45)81)72-73-57(78)58(82)69-35(4)61(64,65)66/h1,6-11,23-26,28,34-35,37,39-40,67,79-81H,12-22,27,29-33H2,2-4H3,(H,69,82). The minimum Gasteiger partial charge on any atom is -0.508 e. The van der Waals surface area contributed by atoms with Gasteiger partial charge in [0.15, 0.2) is 11.6 Å². The van der Waals surface area contributed by atoms with E-state index in [0.717, 1.165) is 103 Å². The average molecular weight is 1140 g/mol. The highest BCUT2D eigenvalue weighted by Crippen LogP contribution is 2.47. The zero-order valence-electron chi connectivity index (χ0n) is 46.4. The van der Waals surface area contributed by atoms with Crippen LogP contribution in [0.25, 0.3) is 50.0 Å². The molecule has 3 atom stereocenters. The number of halogens is 5. The number of aromatic hydroxyl groups is 3. The highest BCUT2D eigenvalue weighted by molar-refractivity contribution is 6.03. The number of fused-ring (bicyclic) bond motifs is 4. The summed E-state index contributed by atoms with van der Waals surface area (Å²) in [6, 6.07) is 14.1. The number of pyridine rings is 1. The molecule has 4 aromatic carbocycles. The summed E-state index contributed by atoms with van der Waals surface area (Å²) < 4.78 is 80.8. The molecule has 12 rings (SSSR count). The zero-order valence-corrected chi connectivity index (χ0v) is 46.4. The Morgan fingerprint density at radius 2 is 1.66 bits per heavy atom. The monoisotopic (exact) mass is 1140 g/mol. The quantitative estimate of drug-likeness (QED) is 0.0484. The lowest BCUT2D eigenvalue weighted by molar-refractivity contribution is -0.149. The number of carbonyl (C=O) groups is 1. The Hall–Kier alpha value is -7.71. The number of ether oxygens (including phenoxy) is 1. The first-order chi connectivity index (χ1) is 39.8. The van der Waals surface area contributed by atoms with E-state index < -0.39 is 35.6 Å². The first kappa shape index (κ1) is 55.8. The summed E-state index contributed by atoms with van der Waals surface area (Å²) in [7, 11) is 0. The number of alkyl halides is 3. The average Bonchev–Trinajstić information content (AvgIpc) is 4.19. The van der Waals surface area contributed by atoms with Gasteiger partial charge in [0.2, 0.25) is 5.82 Å². The summed E-state index contributed by atoms with van der Waals surface area (Å²) in [6.45, 7) is 14.2. The van der Waals surface area contributed by atoms with E-state index in [4.69, 9.17) is 21.1 Å². The number of phenols is 3. The largest absolute Gasteiger partial charge is 0.508 e. The minimum absolute atomic E-state index is 0.0120. The number of aromatic nitrogens is 6. The van der Waals surface area contributed by atoms with E-state index in [1.165, 1.54) is 41.0 Å². The number of hydrogen-bond donors (Lipinski definition) is 5. The smallest absolute Gasteiger partial charge is 0.408 e. The van der Waals surface area contributed by atoms with Gasteiger partial charge in [-0.2, -0.15) is 23.1 Å². The molecule has 1 aliphatic carbocycles. The Kier molecular flexibility index (Phi) is 14.9. The summed E-state index contributed by atoms with van der Waals surface area (Å²) in [6.07, 6.45) is 7.63. The highest BCUT2D eigenvalue weighted by Gasteiger charge is 2.46. The number of hydrogen-bond acceptors (Lipinski definition) is 15. The number of nitrogens with one attached hydrogen (secondary N) is 2. The van der Waals surface area contributed by atoms with Crippen LogP contribution in [-0.2, 0) is 6.54 Å². The van der Waals surface area contributed by atoms with Gasteiger partial charge in [0.1, 0.15) is 46.1 Å². The van der Waals surface area contributed by atoms with Crippen LogP contribution < -0.4 is 20.3 Å². The van der Waals surface area contributed by atoms with Gasteiger partial charge in [-0.05, 0) is 117 Å². The maximum Gasteiger partial charge on any atom is 0.408 e. The Morgan fingerprint density at radius 1 is 0.904 bits per heavy atom. The van der Waals surface area contributed by atoms with E-state index in [-0.39, 0.29) is 79.7 Å². The lowest BCUT2D eigenvalue weighted by Crippen LogP contribution is -2.54. The first-order valence-electron chi connectivity index (χ1n) is 28.4. The molecule has 5 fully saturated rings. The van der Waals surface area contributed by atoms with E-state index in [9.17, 15) is 33.3 Å². The second-order valence-corrected chi connectivity index (χ2v) is 23.6. The van der Waals surface area contributed by atoms with Crippen LogP contribution >= 0.6 is 0 Å². The van der Waals surface area contributed by atoms with E-state index in [1.54, 1.807) is 18.3 Å². The molecule has 4 saturated heterocycles. The van der Waals surface area contributed by atoms with Crippen LogP contribution in [0, 0.1) is 35.3 Å². The van der Waals surface area contributed by atoms with Gasteiger partial charge >= 0.3 is 12.2 Å². The molecule has 1 amide bonds. The number of carbonyl (C=O) groups excluding carboxylic acids is 1. The van der Waals surface area contributed by atoms with Crippen LogP contribution in [0.2, 0.25) is 0 Å². The second-order valence-electron chi connectivity index (χ2n) is 23.6. The number of anilines is 1. The molecule has 7 heterocycles. The number of nitrogens with zero attached hydrogens (tertiary/aromatic N) is 10. The van der Waals surface area contributed by atoms with Crippen molar-refractivity contribution in [1.29, 1.82) is 0 Å². The molecule has 22 heteroatoms. The molecule has 4 aliphatic heterocycles. The van der Waals surface area contributed by atoms with Crippen LogP contribution in [0.5, 0.6) is 23.3 Å². The zero-order chi connectivity index (χ0) is 58.1. The molecule has 17 nitrogen and oxygen atoms in total. The van der Waals surface area contributed by atoms with Gasteiger partial charge in [-0.25, -0.2) is 8.78 Å². The van der Waals surface area contributed by atoms with Crippen molar-refractivity contribution in [3.8, 4) is 63.9 Å². The molecule has 1 saturated carbocycles. The fourth-order valence-electron chi connectivity index (χ4n) is 12.7. The predicted molar refractivity (Wildman–Crippen MR) is 303 cm³/mol. The maximum atomic E-state index is 17.2. The Balaban J connectivity index is 0.684. The molecule has 7 aromatic rings. The van der Waals surface area contributed by atoms with Crippen molar-refractivity contribution in [2.24, 2.45) is 11.3 Å². The third-order valence-corrected chi connectivity index (χ3v) is 17.4. The lowest BCUT2D eigenvalue weighted by atomic mass is 9.95. The molecule has 2 bridgehead atoms. The van der Waals surface area contributed by atoms with E-state index in [1.807, 2.05) is 31.3 Å². The molecular formula is C61H65F5N12O5. The van der Waals surface area contributed by atoms with E-state index in [0.29, 0.717) is 59.5 Å². The minimum atomic E-state index is -4.70. The number of terminal acetylenes is 1. The topological polar surface area (TPSA) is 193 Å². The normalized spacial score (nSPS) is 20.1. The van der Waals surface area contributed by atoms with Gasteiger partial charge in [0, 0.05) is 105 Å². The molecule has 5 aliphatic rings. The summed E-state index contributed by atoms with van der Waals surface area (Å²) in [5.74, 6) is -0.313. The van der Waals surface area contributed by atoms with Crippen LogP contribution in [0.3, 0.4) is 0 Å². The number of piperazine rings is 1. The third-order valence-electron chi connectivity index (χ3n) is 17.4.